The summed E-state index contributed by atoms with van der Waals surface area (Å²) >= 11 is 6.88. The molecule has 0 spiro atoms. The highest BCUT2D eigenvalue weighted by Gasteiger charge is 2.29. The molecule has 3 heterocycles. The molecule has 1 fully saturated rings. The number of hydrogen-bond acceptors (Lipinski definition) is 4. The van der Waals surface area contributed by atoms with E-state index in [1.54, 1.807) is 0 Å². The van der Waals surface area contributed by atoms with Gasteiger partial charge in [0.25, 0.3) is 0 Å². The van der Waals surface area contributed by atoms with E-state index in [0.717, 1.165) is 61.9 Å². The number of aromatic nitrogens is 2. The van der Waals surface area contributed by atoms with Crippen LogP contribution >= 0.6 is 11.6 Å². The molecule has 3 aromatic rings. The summed E-state index contributed by atoms with van der Waals surface area (Å²) in [7, 11) is 0. The number of halogens is 1. The lowest BCUT2D eigenvalue weighted by molar-refractivity contribution is 0.136. The largest absolute Gasteiger partial charge is 0.454 e. The van der Waals surface area contributed by atoms with Crippen LogP contribution in [0.5, 0.6) is 11.5 Å². The predicted octanol–water partition coefficient (Wildman–Crippen LogP) is 8.10. The fourth-order valence-electron chi connectivity index (χ4n) is 5.39. The molecule has 1 aromatic heterocycles. The van der Waals surface area contributed by atoms with Crippen molar-refractivity contribution in [3.63, 3.8) is 0 Å². The van der Waals surface area contributed by atoms with Crippen LogP contribution in [0.3, 0.4) is 0 Å². The summed E-state index contributed by atoms with van der Waals surface area (Å²) in [6, 6.07) is 13.2. The number of imidazole rings is 1. The van der Waals surface area contributed by atoms with E-state index >= 15 is 0 Å². The Bertz CT molecular complexity index is 1150. The third kappa shape index (κ3) is 5.42. The summed E-state index contributed by atoms with van der Waals surface area (Å²) in [6.07, 6.45) is 5.79. The van der Waals surface area contributed by atoms with E-state index in [4.69, 9.17) is 26.1 Å². The minimum atomic E-state index is 0.306. The minimum absolute atomic E-state index is 0.306. The van der Waals surface area contributed by atoms with Crippen LogP contribution in [0.1, 0.15) is 81.3 Å². The number of rotatable bonds is 7. The third-order valence-corrected chi connectivity index (χ3v) is 7.51. The van der Waals surface area contributed by atoms with Gasteiger partial charge in [-0.05, 0) is 68.5 Å². The van der Waals surface area contributed by atoms with Crippen LogP contribution in [-0.4, -0.2) is 27.8 Å². The van der Waals surface area contributed by atoms with Crippen molar-refractivity contribution in [3.05, 3.63) is 63.9 Å². The summed E-state index contributed by atoms with van der Waals surface area (Å²) in [4.78, 5) is 7.50. The maximum Gasteiger partial charge on any atom is 0.231 e. The van der Waals surface area contributed by atoms with Crippen LogP contribution in [0.15, 0.2) is 36.4 Å². The lowest BCUT2D eigenvalue weighted by Gasteiger charge is -2.36. The Morgan fingerprint density at radius 3 is 2.53 bits per heavy atom. The van der Waals surface area contributed by atoms with Crippen LogP contribution in [0, 0.1) is 13.8 Å². The van der Waals surface area contributed by atoms with Gasteiger partial charge in [-0.15, -0.1) is 0 Å². The number of hydrogen-bond donors (Lipinski definition) is 0. The van der Waals surface area contributed by atoms with Gasteiger partial charge in [0, 0.05) is 24.7 Å². The molecule has 1 unspecified atom stereocenters. The molecule has 0 aliphatic carbocycles. The fourth-order valence-corrected chi connectivity index (χ4v) is 5.64. The minimum Gasteiger partial charge on any atom is -0.454 e. The zero-order valence-corrected chi connectivity index (χ0v) is 23.2. The highest BCUT2D eigenvalue weighted by molar-refractivity contribution is 6.30. The molecule has 0 bridgehead atoms. The molecule has 194 valence electrons. The Morgan fingerprint density at radius 1 is 1.03 bits per heavy atom. The van der Waals surface area contributed by atoms with Gasteiger partial charge in [0.2, 0.25) is 6.79 Å². The quantitative estimate of drug-likeness (QED) is 0.322. The first-order valence-electron chi connectivity index (χ1n) is 13.5. The van der Waals surface area contributed by atoms with Gasteiger partial charge in [-0.25, -0.2) is 4.98 Å². The standard InChI is InChI=1S/C28H34ClN3O2.C2H6/c1-4-5-15-32-23(27(29)30-28(32)26-19(2)9-8-10-20(26)3)17-31-14-7-6-11-22(31)21-12-13-24-25(16-21)34-18-33-24;1-2/h8-10,12-13,16,22H,4-7,11,14-15,17-18H2,1-3H3;1-2H3. The van der Waals surface area contributed by atoms with Crippen molar-refractivity contribution in [1.82, 2.24) is 14.5 Å². The molecule has 1 saturated heterocycles. The Hall–Kier alpha value is -2.50. The molecule has 5 nitrogen and oxygen atoms in total. The van der Waals surface area contributed by atoms with Crippen molar-refractivity contribution in [2.75, 3.05) is 13.3 Å². The first-order valence-corrected chi connectivity index (χ1v) is 13.9. The van der Waals surface area contributed by atoms with Crippen LogP contribution in [0.25, 0.3) is 11.4 Å². The lowest BCUT2D eigenvalue weighted by atomic mass is 9.94. The third-order valence-electron chi connectivity index (χ3n) is 7.21. The molecule has 6 heteroatoms. The second-order valence-electron chi connectivity index (χ2n) is 9.54. The number of aryl methyl sites for hydroxylation is 2. The van der Waals surface area contributed by atoms with Gasteiger partial charge >= 0.3 is 0 Å². The smallest absolute Gasteiger partial charge is 0.231 e. The maximum atomic E-state index is 6.88. The van der Waals surface area contributed by atoms with Crippen molar-refractivity contribution in [3.8, 4) is 22.9 Å². The molecule has 0 N–H and O–H groups in total. The second-order valence-corrected chi connectivity index (χ2v) is 9.90. The van der Waals surface area contributed by atoms with Crippen molar-refractivity contribution < 1.29 is 9.47 Å². The number of likely N-dealkylation sites (tertiary alicyclic amines) is 1. The molecular weight excluding hydrogens is 470 g/mol. The van der Waals surface area contributed by atoms with E-state index in [0.29, 0.717) is 18.0 Å². The van der Waals surface area contributed by atoms with E-state index in [2.05, 4.69) is 60.6 Å². The topological polar surface area (TPSA) is 39.5 Å². The van der Waals surface area contributed by atoms with Crippen molar-refractivity contribution >= 4 is 11.6 Å². The first kappa shape index (κ1) is 26.6. The molecule has 2 aliphatic heterocycles. The van der Waals surface area contributed by atoms with Gasteiger partial charge in [0.15, 0.2) is 16.7 Å². The van der Waals surface area contributed by atoms with Crippen molar-refractivity contribution in [2.24, 2.45) is 0 Å². The van der Waals surface area contributed by atoms with Gasteiger partial charge in [-0.1, -0.05) is 69.5 Å². The lowest BCUT2D eigenvalue weighted by Crippen LogP contribution is -2.33. The predicted molar refractivity (Wildman–Crippen MR) is 148 cm³/mol. The van der Waals surface area contributed by atoms with Gasteiger partial charge in [0.05, 0.1) is 5.69 Å². The second kappa shape index (κ2) is 12.2. The highest BCUT2D eigenvalue weighted by Crippen LogP contribution is 2.40. The van der Waals surface area contributed by atoms with E-state index < -0.39 is 0 Å². The number of unbranched alkanes of at least 4 members (excludes halogenated alkanes) is 1. The van der Waals surface area contributed by atoms with E-state index in [1.807, 2.05) is 19.9 Å². The number of nitrogens with zero attached hydrogens (tertiary/aromatic N) is 3. The molecule has 36 heavy (non-hydrogen) atoms. The Labute approximate surface area is 221 Å². The zero-order valence-electron chi connectivity index (χ0n) is 22.4. The van der Waals surface area contributed by atoms with E-state index in [9.17, 15) is 0 Å². The monoisotopic (exact) mass is 509 g/mol. The molecule has 1 atom stereocenters. The average Bonchev–Trinajstić information content (AvgIpc) is 3.48. The fraction of sp³-hybridized carbons (Fsp3) is 0.500. The average molecular weight is 510 g/mol. The SMILES string of the molecule is CC.CCCCn1c(-c2c(C)cccc2C)nc(Cl)c1CN1CCCCC1c1ccc2c(c1)OCO2. The van der Waals surface area contributed by atoms with Gasteiger partial charge < -0.3 is 14.0 Å². The van der Waals surface area contributed by atoms with E-state index in [1.165, 1.54) is 35.1 Å². The number of fused-ring (bicyclic) bond motifs is 1. The molecular formula is C30H40ClN3O2. The first-order chi connectivity index (χ1) is 17.6. The molecule has 0 radical (unpaired) electrons. The summed E-state index contributed by atoms with van der Waals surface area (Å²) in [5.41, 5.74) is 6.09. The Balaban J connectivity index is 0.00000148. The molecule has 2 aromatic carbocycles. The Morgan fingerprint density at radius 2 is 1.78 bits per heavy atom. The van der Waals surface area contributed by atoms with Crippen LogP contribution in [0.4, 0.5) is 0 Å². The van der Waals surface area contributed by atoms with Crippen LogP contribution in [0.2, 0.25) is 5.15 Å². The number of benzene rings is 2. The van der Waals surface area contributed by atoms with Crippen LogP contribution < -0.4 is 9.47 Å². The summed E-state index contributed by atoms with van der Waals surface area (Å²) in [6.45, 7) is 13.6. The summed E-state index contributed by atoms with van der Waals surface area (Å²) < 4.78 is 13.6. The molecule has 5 rings (SSSR count). The molecule has 0 saturated carbocycles. The van der Waals surface area contributed by atoms with Crippen molar-refractivity contribution in [2.45, 2.75) is 85.9 Å². The van der Waals surface area contributed by atoms with Gasteiger partial charge in [-0.3, -0.25) is 4.90 Å². The van der Waals surface area contributed by atoms with E-state index in [-0.39, 0.29) is 0 Å². The Kier molecular flexibility index (Phi) is 8.97. The summed E-state index contributed by atoms with van der Waals surface area (Å²) in [5, 5.41) is 0.628. The highest BCUT2D eigenvalue weighted by atomic mass is 35.5. The van der Waals surface area contributed by atoms with Gasteiger partial charge in [-0.2, -0.15) is 0 Å². The zero-order chi connectivity index (χ0) is 25.7. The molecule has 2 aliphatic rings. The normalized spacial score (nSPS) is 17.1. The number of ether oxygens (including phenoxy) is 2. The van der Waals surface area contributed by atoms with Gasteiger partial charge in [0.1, 0.15) is 5.82 Å². The van der Waals surface area contributed by atoms with Crippen LogP contribution in [-0.2, 0) is 13.1 Å². The maximum absolute atomic E-state index is 6.88. The number of piperidine rings is 1. The van der Waals surface area contributed by atoms with Crippen molar-refractivity contribution in [1.29, 1.82) is 0 Å². The summed E-state index contributed by atoms with van der Waals surface area (Å²) in [5.74, 6) is 2.69. The molecule has 0 amide bonds.